The van der Waals surface area contributed by atoms with Crippen LogP contribution in [0.1, 0.15) is 0 Å². The quantitative estimate of drug-likeness (QED) is 0.692. The zero-order valence-corrected chi connectivity index (χ0v) is 11.6. The molecule has 0 saturated carbocycles. The van der Waals surface area contributed by atoms with Crippen LogP contribution in [0.3, 0.4) is 0 Å². The van der Waals surface area contributed by atoms with Crippen LogP contribution in [0.25, 0.3) is 0 Å². The van der Waals surface area contributed by atoms with Gasteiger partial charge >= 0.3 is 0 Å². The van der Waals surface area contributed by atoms with Crippen molar-refractivity contribution in [1.29, 1.82) is 0 Å². The molecule has 1 heterocycles. The highest BCUT2D eigenvalue weighted by Gasteiger charge is 2.18. The molecule has 0 saturated heterocycles. The Morgan fingerprint density at radius 3 is 2.63 bits per heavy atom. The lowest BCUT2D eigenvalue weighted by Crippen LogP contribution is -2.11. The molecule has 0 aliphatic rings. The van der Waals surface area contributed by atoms with Crippen LogP contribution in [0, 0.1) is 10.1 Å². The fourth-order valence-electron chi connectivity index (χ4n) is 1.32. The van der Waals surface area contributed by atoms with E-state index in [0.29, 0.717) is 0 Å². The molecular weight excluding hydrogens is 312 g/mol. The second-order valence-electron chi connectivity index (χ2n) is 3.46. The third-order valence-electron chi connectivity index (χ3n) is 2.17. The van der Waals surface area contributed by atoms with Crippen molar-refractivity contribution in [2.45, 2.75) is 4.21 Å². The van der Waals surface area contributed by atoms with E-state index in [1.807, 2.05) is 0 Å². The van der Waals surface area contributed by atoms with Crippen molar-refractivity contribution in [1.82, 2.24) is 0 Å². The van der Waals surface area contributed by atoms with Crippen molar-refractivity contribution in [2.24, 2.45) is 0 Å². The second-order valence-corrected chi connectivity index (χ2v) is 6.72. The van der Waals surface area contributed by atoms with Gasteiger partial charge in [-0.25, -0.2) is 8.42 Å². The van der Waals surface area contributed by atoms with Gasteiger partial charge in [0, 0.05) is 12.1 Å². The first-order chi connectivity index (χ1) is 8.90. The lowest BCUT2D eigenvalue weighted by Gasteiger charge is -2.07. The predicted molar refractivity (Wildman–Crippen MR) is 73.2 cm³/mol. The molecular formula is C10H7ClN2O4S2. The highest BCUT2D eigenvalue weighted by molar-refractivity contribution is 7.94. The van der Waals surface area contributed by atoms with E-state index < -0.39 is 14.9 Å². The van der Waals surface area contributed by atoms with Crippen molar-refractivity contribution in [3.63, 3.8) is 0 Å². The third-order valence-corrected chi connectivity index (χ3v) is 5.26. The topological polar surface area (TPSA) is 89.3 Å². The van der Waals surface area contributed by atoms with Crippen LogP contribution in [0.5, 0.6) is 0 Å². The summed E-state index contributed by atoms with van der Waals surface area (Å²) in [5, 5.41) is 12.3. The number of non-ortho nitro benzene ring substituents is 1. The Morgan fingerprint density at radius 1 is 1.32 bits per heavy atom. The van der Waals surface area contributed by atoms with E-state index in [1.165, 1.54) is 18.2 Å². The Balaban J connectivity index is 2.39. The molecule has 9 heteroatoms. The summed E-state index contributed by atoms with van der Waals surface area (Å²) >= 11 is 6.86. The van der Waals surface area contributed by atoms with Gasteiger partial charge in [0.1, 0.15) is 4.21 Å². The summed E-state index contributed by atoms with van der Waals surface area (Å²) in [6.07, 6.45) is 0. The van der Waals surface area contributed by atoms with E-state index in [0.717, 1.165) is 17.4 Å². The van der Waals surface area contributed by atoms with Crippen LogP contribution < -0.4 is 4.72 Å². The number of anilines is 1. The van der Waals surface area contributed by atoms with Crippen LogP contribution in [0.4, 0.5) is 11.4 Å². The van der Waals surface area contributed by atoms with Crippen molar-refractivity contribution in [3.8, 4) is 0 Å². The van der Waals surface area contributed by atoms with E-state index in [1.54, 1.807) is 11.4 Å². The van der Waals surface area contributed by atoms with Crippen molar-refractivity contribution < 1.29 is 13.3 Å². The van der Waals surface area contributed by atoms with Gasteiger partial charge in [0.2, 0.25) is 0 Å². The molecule has 1 N–H and O–H groups in total. The summed E-state index contributed by atoms with van der Waals surface area (Å²) in [5.41, 5.74) is -0.266. The predicted octanol–water partition coefficient (Wildman–Crippen LogP) is 3.11. The minimum Gasteiger partial charge on any atom is -0.277 e. The molecule has 0 atom stereocenters. The number of thiophene rings is 1. The zero-order chi connectivity index (χ0) is 14.0. The Morgan fingerprint density at radius 2 is 2.05 bits per heavy atom. The number of sulfonamides is 1. The number of nitro benzene ring substituents is 1. The molecule has 0 unspecified atom stereocenters. The largest absolute Gasteiger partial charge is 0.277 e. The highest BCUT2D eigenvalue weighted by Crippen LogP contribution is 2.29. The van der Waals surface area contributed by atoms with Gasteiger partial charge in [-0.15, -0.1) is 11.3 Å². The summed E-state index contributed by atoms with van der Waals surface area (Å²) in [4.78, 5) is 10.0. The van der Waals surface area contributed by atoms with Gasteiger partial charge in [0.15, 0.2) is 0 Å². The summed E-state index contributed by atoms with van der Waals surface area (Å²) in [6.45, 7) is 0. The number of nitro groups is 1. The van der Waals surface area contributed by atoms with Crippen LogP contribution in [0.2, 0.25) is 5.02 Å². The average molecular weight is 319 g/mol. The number of hydrogen-bond donors (Lipinski definition) is 1. The minimum atomic E-state index is -3.77. The van der Waals surface area contributed by atoms with E-state index in [9.17, 15) is 18.5 Å². The van der Waals surface area contributed by atoms with Gasteiger partial charge in [0.25, 0.3) is 15.7 Å². The zero-order valence-electron chi connectivity index (χ0n) is 9.24. The SMILES string of the molecule is O=[N+]([O-])c1ccc(Cl)c(NS(=O)(=O)c2cccs2)c1. The molecule has 2 aromatic rings. The molecule has 0 radical (unpaired) electrons. The molecule has 0 amide bonds. The molecule has 19 heavy (non-hydrogen) atoms. The Hall–Kier alpha value is -1.64. The molecule has 1 aromatic heterocycles. The molecule has 0 aliphatic carbocycles. The number of nitrogens with zero attached hydrogens (tertiary/aromatic N) is 1. The molecule has 0 bridgehead atoms. The van der Waals surface area contributed by atoms with Gasteiger partial charge in [-0.2, -0.15) is 0 Å². The van der Waals surface area contributed by atoms with E-state index in [4.69, 9.17) is 11.6 Å². The molecule has 6 nitrogen and oxygen atoms in total. The van der Waals surface area contributed by atoms with Crippen LogP contribution in [-0.2, 0) is 10.0 Å². The standard InChI is InChI=1S/C10H7ClN2O4S2/c11-8-4-3-7(13(14)15)6-9(8)12-19(16,17)10-2-1-5-18-10/h1-6,12H. The van der Waals surface area contributed by atoms with Crippen molar-refractivity contribution in [3.05, 3.63) is 50.8 Å². The van der Waals surface area contributed by atoms with Gasteiger partial charge < -0.3 is 0 Å². The fraction of sp³-hybridized carbons (Fsp3) is 0. The lowest BCUT2D eigenvalue weighted by atomic mass is 10.3. The summed E-state index contributed by atoms with van der Waals surface area (Å²) in [6, 6.07) is 6.57. The minimum absolute atomic E-state index is 0.0238. The molecule has 0 spiro atoms. The third kappa shape index (κ3) is 3.03. The highest BCUT2D eigenvalue weighted by atomic mass is 35.5. The van der Waals surface area contributed by atoms with Gasteiger partial charge in [-0.05, 0) is 17.5 Å². The first-order valence-electron chi connectivity index (χ1n) is 4.90. The first-order valence-corrected chi connectivity index (χ1v) is 7.64. The lowest BCUT2D eigenvalue weighted by molar-refractivity contribution is -0.384. The van der Waals surface area contributed by atoms with Crippen molar-refractivity contribution >= 4 is 44.3 Å². The Bertz CT molecular complexity index is 713. The smallest absolute Gasteiger partial charge is 0.271 e. The molecule has 0 fully saturated rings. The average Bonchev–Trinajstić information content (AvgIpc) is 2.85. The molecule has 1 aromatic carbocycles. The maximum Gasteiger partial charge on any atom is 0.271 e. The fourth-order valence-corrected chi connectivity index (χ4v) is 3.60. The normalized spacial score (nSPS) is 11.2. The van der Waals surface area contributed by atoms with Gasteiger partial charge in [-0.3, -0.25) is 14.8 Å². The molecule has 0 aliphatic heterocycles. The number of hydrogen-bond acceptors (Lipinski definition) is 5. The first kappa shape index (κ1) is 13.8. The monoisotopic (exact) mass is 318 g/mol. The maximum atomic E-state index is 12.0. The number of halogens is 1. The van der Waals surface area contributed by atoms with Gasteiger partial charge in [-0.1, -0.05) is 17.7 Å². The number of nitrogens with one attached hydrogen (secondary N) is 1. The van der Waals surface area contributed by atoms with Gasteiger partial charge in [0.05, 0.1) is 15.6 Å². The summed E-state index contributed by atoms with van der Waals surface area (Å²) in [7, 11) is -3.77. The maximum absolute atomic E-state index is 12.0. The van der Waals surface area contributed by atoms with E-state index in [2.05, 4.69) is 4.72 Å². The Kier molecular flexibility index (Phi) is 3.74. The van der Waals surface area contributed by atoms with E-state index in [-0.39, 0.29) is 20.6 Å². The van der Waals surface area contributed by atoms with Crippen molar-refractivity contribution in [2.75, 3.05) is 4.72 Å². The summed E-state index contributed by atoms with van der Waals surface area (Å²) < 4.78 is 26.3. The summed E-state index contributed by atoms with van der Waals surface area (Å²) in [5.74, 6) is 0. The number of rotatable bonds is 4. The van der Waals surface area contributed by atoms with Crippen LogP contribution in [-0.4, -0.2) is 13.3 Å². The van der Waals surface area contributed by atoms with Crippen LogP contribution >= 0.6 is 22.9 Å². The number of benzene rings is 1. The molecule has 100 valence electrons. The second kappa shape index (κ2) is 5.16. The Labute approximate surface area is 117 Å². The molecule has 2 rings (SSSR count). The van der Waals surface area contributed by atoms with E-state index >= 15 is 0 Å². The van der Waals surface area contributed by atoms with Crippen LogP contribution in [0.15, 0.2) is 39.9 Å².